The van der Waals surface area contributed by atoms with E-state index in [9.17, 15) is 14.4 Å². The highest BCUT2D eigenvalue weighted by Gasteiger charge is 2.20. The standard InChI is InChI=1S/C29H39N7O5/c1-4-17-16(14-35-29(39)21(31)11-10-20(30)28(33)38)8-7-9-22(17)36-26-18-12-24(40-5-2)25(41-6-3)13-23(18)34-15-19(26)27(32)37/h7-9,12-13,15,20-21H,4-6,10-11,14,30-31H2,1-3H3,(H2,32,37)(H2,33,38)(H,34,36)(H,35,39)/t20?,21-/m0/s1. The number of primary amides is 2. The van der Waals surface area contributed by atoms with Crippen LogP contribution in [0.4, 0.5) is 11.4 Å². The summed E-state index contributed by atoms with van der Waals surface area (Å²) >= 11 is 0. The molecule has 10 N–H and O–H groups in total. The van der Waals surface area contributed by atoms with Crippen molar-refractivity contribution in [2.24, 2.45) is 22.9 Å². The highest BCUT2D eigenvalue weighted by Crippen LogP contribution is 2.38. The number of fused-ring (bicyclic) bond motifs is 1. The second-order valence-electron chi connectivity index (χ2n) is 9.43. The van der Waals surface area contributed by atoms with Crippen LogP contribution >= 0.6 is 0 Å². The van der Waals surface area contributed by atoms with Gasteiger partial charge in [0.2, 0.25) is 11.8 Å². The third kappa shape index (κ3) is 7.62. The van der Waals surface area contributed by atoms with Gasteiger partial charge in [0.1, 0.15) is 0 Å². The first-order chi connectivity index (χ1) is 19.6. The lowest BCUT2D eigenvalue weighted by molar-refractivity contribution is -0.123. The summed E-state index contributed by atoms with van der Waals surface area (Å²) in [5.41, 5.74) is 26.4. The number of nitrogens with two attached hydrogens (primary N) is 4. The third-order valence-electron chi connectivity index (χ3n) is 6.63. The molecule has 0 bridgehead atoms. The molecule has 3 amide bonds. The maximum atomic E-state index is 12.6. The van der Waals surface area contributed by atoms with Crippen LogP contribution < -0.4 is 43.0 Å². The molecule has 1 aromatic heterocycles. The van der Waals surface area contributed by atoms with E-state index in [4.69, 9.17) is 32.4 Å². The molecule has 0 saturated heterocycles. The molecule has 3 aromatic rings. The van der Waals surface area contributed by atoms with Crippen molar-refractivity contribution in [3.8, 4) is 11.5 Å². The van der Waals surface area contributed by atoms with E-state index in [-0.39, 0.29) is 30.9 Å². The molecule has 12 heteroatoms. The number of rotatable bonds is 15. The van der Waals surface area contributed by atoms with E-state index in [1.807, 2.05) is 39.0 Å². The van der Waals surface area contributed by atoms with Gasteiger partial charge in [0.15, 0.2) is 11.5 Å². The molecule has 12 nitrogen and oxygen atoms in total. The molecule has 0 aliphatic carbocycles. The summed E-state index contributed by atoms with van der Waals surface area (Å²) in [5.74, 6) is -0.575. The smallest absolute Gasteiger partial charge is 0.252 e. The van der Waals surface area contributed by atoms with E-state index in [1.54, 1.807) is 12.1 Å². The van der Waals surface area contributed by atoms with Crippen LogP contribution in [0, 0.1) is 0 Å². The Kier molecular flexibility index (Phi) is 10.8. The molecule has 0 fully saturated rings. The van der Waals surface area contributed by atoms with Crippen molar-refractivity contribution >= 4 is 40.0 Å². The van der Waals surface area contributed by atoms with Crippen LogP contribution in [0.1, 0.15) is 55.1 Å². The van der Waals surface area contributed by atoms with Gasteiger partial charge < -0.3 is 43.0 Å². The van der Waals surface area contributed by atoms with Gasteiger partial charge >= 0.3 is 0 Å². The highest BCUT2D eigenvalue weighted by molar-refractivity contribution is 6.08. The average molecular weight is 566 g/mol. The second-order valence-corrected chi connectivity index (χ2v) is 9.43. The first-order valence-electron chi connectivity index (χ1n) is 13.6. The van der Waals surface area contributed by atoms with Gasteiger partial charge in [-0.15, -0.1) is 0 Å². The Balaban J connectivity index is 1.93. The van der Waals surface area contributed by atoms with Crippen LogP contribution in [0.5, 0.6) is 11.5 Å². The fourth-order valence-corrected chi connectivity index (χ4v) is 4.47. The Morgan fingerprint density at radius 2 is 1.61 bits per heavy atom. The quantitative estimate of drug-likeness (QED) is 0.159. The summed E-state index contributed by atoms with van der Waals surface area (Å²) < 4.78 is 11.5. The molecular formula is C29H39N7O5. The van der Waals surface area contributed by atoms with Crippen LogP contribution in [-0.4, -0.2) is 48.0 Å². The van der Waals surface area contributed by atoms with Crippen molar-refractivity contribution in [2.75, 3.05) is 18.5 Å². The van der Waals surface area contributed by atoms with E-state index < -0.39 is 23.9 Å². The van der Waals surface area contributed by atoms with Crippen LogP contribution in [0.15, 0.2) is 36.5 Å². The van der Waals surface area contributed by atoms with E-state index in [0.29, 0.717) is 47.7 Å². The zero-order valence-corrected chi connectivity index (χ0v) is 23.7. The van der Waals surface area contributed by atoms with Gasteiger partial charge in [0, 0.05) is 29.9 Å². The number of ether oxygens (including phenoxy) is 2. The summed E-state index contributed by atoms with van der Waals surface area (Å²) in [4.78, 5) is 40.6. The lowest BCUT2D eigenvalue weighted by atomic mass is 10.0. The summed E-state index contributed by atoms with van der Waals surface area (Å²) in [5, 5.41) is 6.89. The number of hydrogen-bond acceptors (Lipinski definition) is 9. The van der Waals surface area contributed by atoms with Gasteiger partial charge in [-0.05, 0) is 56.4 Å². The molecule has 0 saturated carbocycles. The van der Waals surface area contributed by atoms with E-state index >= 15 is 0 Å². The predicted octanol–water partition coefficient (Wildman–Crippen LogP) is 1.97. The average Bonchev–Trinajstić information content (AvgIpc) is 2.95. The Labute approximate surface area is 239 Å². The third-order valence-corrected chi connectivity index (χ3v) is 6.63. The topological polar surface area (TPSA) is 211 Å². The van der Waals surface area contributed by atoms with Crippen molar-refractivity contribution in [3.63, 3.8) is 0 Å². The number of carbonyl (C=O) groups is 3. The minimum atomic E-state index is -0.853. The zero-order valence-electron chi connectivity index (χ0n) is 23.7. The van der Waals surface area contributed by atoms with Gasteiger partial charge in [-0.25, -0.2) is 0 Å². The fourth-order valence-electron chi connectivity index (χ4n) is 4.47. The van der Waals surface area contributed by atoms with Crippen molar-refractivity contribution in [1.82, 2.24) is 10.3 Å². The van der Waals surface area contributed by atoms with E-state index in [2.05, 4.69) is 15.6 Å². The first-order valence-corrected chi connectivity index (χ1v) is 13.6. The lowest BCUT2D eigenvalue weighted by Gasteiger charge is -2.20. The molecule has 0 aliphatic rings. The van der Waals surface area contributed by atoms with Crippen LogP contribution in [-0.2, 0) is 22.6 Å². The maximum Gasteiger partial charge on any atom is 0.252 e. The zero-order chi connectivity index (χ0) is 30.1. The molecule has 3 rings (SSSR count). The van der Waals surface area contributed by atoms with Gasteiger partial charge in [0.25, 0.3) is 5.91 Å². The van der Waals surface area contributed by atoms with Crippen molar-refractivity contribution < 1.29 is 23.9 Å². The number of anilines is 2. The lowest BCUT2D eigenvalue weighted by Crippen LogP contribution is -2.43. The number of nitrogens with one attached hydrogen (secondary N) is 2. The molecule has 0 aliphatic heterocycles. The SMILES string of the molecule is CCOc1cc2ncc(C(N)=O)c(Nc3cccc(CNC(=O)[C@@H](N)CCC(N)C(N)=O)c3CC)c2cc1OCC. The monoisotopic (exact) mass is 565 g/mol. The van der Waals surface area contributed by atoms with Gasteiger partial charge in [-0.1, -0.05) is 19.1 Å². The minimum Gasteiger partial charge on any atom is -0.490 e. The fraction of sp³-hybridized carbons (Fsp3) is 0.379. The van der Waals surface area contributed by atoms with E-state index in [1.165, 1.54) is 6.20 Å². The molecule has 220 valence electrons. The molecule has 2 aromatic carbocycles. The van der Waals surface area contributed by atoms with E-state index in [0.717, 1.165) is 16.8 Å². The van der Waals surface area contributed by atoms with Crippen LogP contribution in [0.3, 0.4) is 0 Å². The normalized spacial score (nSPS) is 12.4. The summed E-state index contributed by atoms with van der Waals surface area (Å²) in [7, 11) is 0. The van der Waals surface area contributed by atoms with Gasteiger partial charge in [0.05, 0.1) is 42.1 Å². The molecule has 1 unspecified atom stereocenters. The number of pyridine rings is 1. The van der Waals surface area contributed by atoms with Crippen molar-refractivity contribution in [3.05, 3.63) is 53.2 Å². The van der Waals surface area contributed by atoms with Crippen molar-refractivity contribution in [1.29, 1.82) is 0 Å². The second kappa shape index (κ2) is 14.3. The molecule has 0 radical (unpaired) electrons. The number of hydrogen-bond donors (Lipinski definition) is 6. The minimum absolute atomic E-state index is 0.211. The number of benzene rings is 2. The largest absolute Gasteiger partial charge is 0.490 e. The van der Waals surface area contributed by atoms with Gasteiger partial charge in [-0.3, -0.25) is 19.4 Å². The Hall–Kier alpha value is -4.42. The molecule has 41 heavy (non-hydrogen) atoms. The summed E-state index contributed by atoms with van der Waals surface area (Å²) in [6.45, 7) is 6.84. The number of aromatic nitrogens is 1. The maximum absolute atomic E-state index is 12.6. The summed E-state index contributed by atoms with van der Waals surface area (Å²) in [6, 6.07) is 7.50. The predicted molar refractivity (Wildman–Crippen MR) is 158 cm³/mol. The molecule has 0 spiro atoms. The molecular weight excluding hydrogens is 526 g/mol. The number of carbonyl (C=O) groups excluding carboxylic acids is 3. The van der Waals surface area contributed by atoms with Crippen LogP contribution in [0.25, 0.3) is 10.9 Å². The highest BCUT2D eigenvalue weighted by atomic mass is 16.5. The Morgan fingerprint density at radius 1 is 0.951 bits per heavy atom. The number of amides is 3. The Morgan fingerprint density at radius 3 is 2.22 bits per heavy atom. The van der Waals surface area contributed by atoms with Crippen molar-refractivity contribution in [2.45, 2.75) is 58.7 Å². The molecule has 1 heterocycles. The number of nitrogens with zero attached hydrogens (tertiary/aromatic N) is 1. The first kappa shape index (κ1) is 31.1. The molecule has 2 atom stereocenters. The van der Waals surface area contributed by atoms with Gasteiger partial charge in [-0.2, -0.15) is 0 Å². The summed E-state index contributed by atoms with van der Waals surface area (Å²) in [6.07, 6.45) is 2.49. The van der Waals surface area contributed by atoms with Crippen LogP contribution in [0.2, 0.25) is 0 Å². The Bertz CT molecular complexity index is 1410.